The van der Waals surface area contributed by atoms with Gasteiger partial charge in [0.1, 0.15) is 5.60 Å². The molecule has 1 amide bonds. The molecule has 2 atom stereocenters. The number of piperidine rings is 1. The van der Waals surface area contributed by atoms with Gasteiger partial charge in [-0.05, 0) is 25.3 Å². The van der Waals surface area contributed by atoms with Crippen LogP contribution >= 0.6 is 0 Å². The lowest BCUT2D eigenvalue weighted by Crippen LogP contribution is -2.60. The van der Waals surface area contributed by atoms with Crippen molar-refractivity contribution in [2.24, 2.45) is 0 Å². The van der Waals surface area contributed by atoms with Crippen molar-refractivity contribution in [3.8, 4) is 0 Å². The van der Waals surface area contributed by atoms with Crippen LogP contribution < -0.4 is 5.32 Å². The zero-order valence-corrected chi connectivity index (χ0v) is 9.81. The van der Waals surface area contributed by atoms with Crippen molar-refractivity contribution >= 4 is 5.91 Å². The fourth-order valence-corrected chi connectivity index (χ4v) is 2.17. The molecule has 1 heterocycles. The van der Waals surface area contributed by atoms with Crippen molar-refractivity contribution in [2.75, 3.05) is 6.61 Å². The predicted octanol–water partition coefficient (Wildman–Crippen LogP) is 0.535. The number of hydrogen-bond donors (Lipinski definition) is 3. The topological polar surface area (TPSA) is 69.6 Å². The summed E-state index contributed by atoms with van der Waals surface area (Å²) in [6.07, 6.45) is 0.862. The summed E-state index contributed by atoms with van der Waals surface area (Å²) >= 11 is 0. The Morgan fingerprint density at radius 1 is 1.29 bits per heavy atom. The number of carbonyl (C=O) groups is 1. The van der Waals surface area contributed by atoms with E-state index in [0.717, 1.165) is 5.56 Å². The van der Waals surface area contributed by atoms with Gasteiger partial charge in [0.25, 0.3) is 5.91 Å². The molecule has 0 aromatic heterocycles. The van der Waals surface area contributed by atoms with Crippen LogP contribution in [0.15, 0.2) is 30.3 Å². The Morgan fingerprint density at radius 3 is 2.47 bits per heavy atom. The first-order chi connectivity index (χ1) is 8.00. The molecule has 92 valence electrons. The molecule has 0 unspecified atom stereocenters. The molecule has 0 aliphatic carbocycles. The first-order valence-electron chi connectivity index (χ1n) is 5.72. The maximum atomic E-state index is 11.8. The molecular weight excluding hydrogens is 218 g/mol. The van der Waals surface area contributed by atoms with Crippen LogP contribution in [-0.2, 0) is 10.3 Å². The Labute approximate surface area is 100 Å². The molecule has 0 radical (unpaired) electrons. The minimum atomic E-state index is -1.34. The van der Waals surface area contributed by atoms with Crippen molar-refractivity contribution < 1.29 is 15.0 Å². The van der Waals surface area contributed by atoms with Gasteiger partial charge in [0, 0.05) is 0 Å². The summed E-state index contributed by atoms with van der Waals surface area (Å²) in [5, 5.41) is 22.2. The second kappa shape index (κ2) is 4.13. The van der Waals surface area contributed by atoms with Gasteiger partial charge >= 0.3 is 0 Å². The van der Waals surface area contributed by atoms with E-state index in [1.165, 1.54) is 6.92 Å². The molecule has 1 aliphatic rings. The minimum Gasteiger partial charge on any atom is -0.394 e. The average Bonchev–Trinajstić information content (AvgIpc) is 2.34. The van der Waals surface area contributed by atoms with Crippen molar-refractivity contribution in [2.45, 2.75) is 30.9 Å². The SMILES string of the molecule is C[C@@]1(O)CC[C@@](CO)(c2ccccc2)NC1=O. The van der Waals surface area contributed by atoms with Crippen LogP contribution in [0, 0.1) is 0 Å². The number of aliphatic hydroxyl groups excluding tert-OH is 1. The Hall–Kier alpha value is -1.39. The Morgan fingerprint density at radius 2 is 1.94 bits per heavy atom. The smallest absolute Gasteiger partial charge is 0.252 e. The quantitative estimate of drug-likeness (QED) is 0.700. The molecule has 4 heteroatoms. The molecule has 3 N–H and O–H groups in total. The Kier molecular flexibility index (Phi) is 2.93. The van der Waals surface area contributed by atoms with Gasteiger partial charge in [0.15, 0.2) is 0 Å². The summed E-state index contributed by atoms with van der Waals surface area (Å²) in [7, 11) is 0. The van der Waals surface area contributed by atoms with Gasteiger partial charge in [-0.3, -0.25) is 4.79 Å². The molecular formula is C13H17NO3. The first kappa shape index (κ1) is 12.1. The van der Waals surface area contributed by atoms with Crippen LogP contribution in [0.1, 0.15) is 25.3 Å². The van der Waals surface area contributed by atoms with E-state index in [1.807, 2.05) is 30.3 Å². The molecule has 0 spiro atoms. The number of rotatable bonds is 2. The van der Waals surface area contributed by atoms with Crippen LogP contribution in [0.2, 0.25) is 0 Å². The maximum absolute atomic E-state index is 11.8. The second-order valence-electron chi connectivity index (χ2n) is 4.83. The molecule has 1 fully saturated rings. The summed E-state index contributed by atoms with van der Waals surface area (Å²) in [6.45, 7) is 1.33. The third-order valence-corrected chi connectivity index (χ3v) is 3.48. The van der Waals surface area contributed by atoms with Gasteiger partial charge in [-0.2, -0.15) is 0 Å². The molecule has 2 rings (SSSR count). The van der Waals surface area contributed by atoms with Gasteiger partial charge in [-0.1, -0.05) is 30.3 Å². The number of nitrogens with one attached hydrogen (secondary N) is 1. The third-order valence-electron chi connectivity index (χ3n) is 3.48. The highest BCUT2D eigenvalue weighted by Gasteiger charge is 2.45. The van der Waals surface area contributed by atoms with Crippen LogP contribution in [0.5, 0.6) is 0 Å². The van der Waals surface area contributed by atoms with E-state index >= 15 is 0 Å². The summed E-state index contributed by atoms with van der Waals surface area (Å²) in [4.78, 5) is 11.8. The normalized spacial score (nSPS) is 33.2. The van der Waals surface area contributed by atoms with E-state index in [4.69, 9.17) is 0 Å². The summed E-state index contributed by atoms with van der Waals surface area (Å²) in [5.74, 6) is -0.429. The molecule has 1 aromatic rings. The lowest BCUT2D eigenvalue weighted by molar-refractivity contribution is -0.147. The number of hydrogen-bond acceptors (Lipinski definition) is 3. The van der Waals surface area contributed by atoms with Crippen LogP contribution in [-0.4, -0.2) is 28.3 Å². The highest BCUT2D eigenvalue weighted by molar-refractivity contribution is 5.86. The van der Waals surface area contributed by atoms with E-state index in [9.17, 15) is 15.0 Å². The first-order valence-corrected chi connectivity index (χ1v) is 5.72. The summed E-state index contributed by atoms with van der Waals surface area (Å²) in [5.41, 5.74) is -1.24. The van der Waals surface area contributed by atoms with Crippen molar-refractivity contribution in [1.29, 1.82) is 0 Å². The van der Waals surface area contributed by atoms with Gasteiger partial charge in [-0.15, -0.1) is 0 Å². The largest absolute Gasteiger partial charge is 0.394 e. The molecule has 1 aliphatic heterocycles. The maximum Gasteiger partial charge on any atom is 0.252 e. The highest BCUT2D eigenvalue weighted by atomic mass is 16.3. The fraction of sp³-hybridized carbons (Fsp3) is 0.462. The van der Waals surface area contributed by atoms with Gasteiger partial charge in [0.2, 0.25) is 0 Å². The van der Waals surface area contributed by atoms with Crippen molar-refractivity contribution in [3.63, 3.8) is 0 Å². The predicted molar refractivity (Wildman–Crippen MR) is 63.2 cm³/mol. The molecule has 1 aromatic carbocycles. The van der Waals surface area contributed by atoms with Gasteiger partial charge in [0.05, 0.1) is 12.1 Å². The van der Waals surface area contributed by atoms with Gasteiger partial charge in [-0.25, -0.2) is 0 Å². The molecule has 17 heavy (non-hydrogen) atoms. The molecule has 4 nitrogen and oxygen atoms in total. The monoisotopic (exact) mass is 235 g/mol. The standard InChI is InChI=1S/C13H17NO3/c1-12(17)7-8-13(9-15,14-11(12)16)10-5-3-2-4-6-10/h2-6,15,17H,7-9H2,1H3,(H,14,16)/t12-,13-/m1/s1. The molecule has 0 saturated carbocycles. The fourth-order valence-electron chi connectivity index (χ4n) is 2.17. The third kappa shape index (κ3) is 2.06. The van der Waals surface area contributed by atoms with Crippen molar-refractivity contribution in [3.05, 3.63) is 35.9 Å². The highest BCUT2D eigenvalue weighted by Crippen LogP contribution is 2.33. The zero-order chi connectivity index (χ0) is 12.5. The number of carbonyl (C=O) groups excluding carboxylic acids is 1. The van der Waals surface area contributed by atoms with E-state index in [-0.39, 0.29) is 6.61 Å². The second-order valence-corrected chi connectivity index (χ2v) is 4.83. The van der Waals surface area contributed by atoms with Crippen molar-refractivity contribution in [1.82, 2.24) is 5.32 Å². The van der Waals surface area contributed by atoms with Crippen LogP contribution in [0.4, 0.5) is 0 Å². The van der Waals surface area contributed by atoms with E-state index in [0.29, 0.717) is 12.8 Å². The van der Waals surface area contributed by atoms with Gasteiger partial charge < -0.3 is 15.5 Å². The molecule has 0 bridgehead atoms. The lowest BCUT2D eigenvalue weighted by atomic mass is 9.78. The molecule has 1 saturated heterocycles. The number of benzene rings is 1. The number of amides is 1. The Bertz CT molecular complexity index is 416. The van der Waals surface area contributed by atoms with Crippen LogP contribution in [0.25, 0.3) is 0 Å². The van der Waals surface area contributed by atoms with Crippen LogP contribution in [0.3, 0.4) is 0 Å². The lowest BCUT2D eigenvalue weighted by Gasteiger charge is -2.42. The zero-order valence-electron chi connectivity index (χ0n) is 9.81. The Balaban J connectivity index is 2.32. The van der Waals surface area contributed by atoms with E-state index in [1.54, 1.807) is 0 Å². The minimum absolute atomic E-state index is 0.168. The summed E-state index contributed by atoms with van der Waals surface area (Å²) < 4.78 is 0. The van der Waals surface area contributed by atoms with E-state index < -0.39 is 17.0 Å². The number of aliphatic hydroxyl groups is 2. The summed E-state index contributed by atoms with van der Waals surface area (Å²) in [6, 6.07) is 9.36. The van der Waals surface area contributed by atoms with E-state index in [2.05, 4.69) is 5.32 Å². The average molecular weight is 235 g/mol.